The Hall–Kier alpha value is -1.60. The molecular formula is C19H29BFNO4. The highest BCUT2D eigenvalue weighted by Crippen LogP contribution is 2.36. The third-order valence-electron chi connectivity index (χ3n) is 4.65. The minimum atomic E-state index is -0.728. The first-order chi connectivity index (χ1) is 11.8. The van der Waals surface area contributed by atoms with Crippen LogP contribution in [0.2, 0.25) is 0 Å². The van der Waals surface area contributed by atoms with E-state index in [4.69, 9.17) is 14.0 Å². The second-order valence-corrected chi connectivity index (χ2v) is 8.62. The molecule has 0 bridgehead atoms. The molecule has 1 aromatic rings. The lowest BCUT2D eigenvalue weighted by Crippen LogP contribution is -2.41. The number of hydrogen-bond acceptors (Lipinski definition) is 4. The fourth-order valence-corrected chi connectivity index (χ4v) is 2.51. The van der Waals surface area contributed by atoms with Gasteiger partial charge in [0.1, 0.15) is 11.4 Å². The van der Waals surface area contributed by atoms with Crippen molar-refractivity contribution in [3.05, 3.63) is 29.6 Å². The van der Waals surface area contributed by atoms with Gasteiger partial charge in [-0.05, 0) is 66.5 Å². The summed E-state index contributed by atoms with van der Waals surface area (Å²) in [6.07, 6.45) is 0.0200. The van der Waals surface area contributed by atoms with Gasteiger partial charge >= 0.3 is 13.2 Å². The van der Waals surface area contributed by atoms with Gasteiger partial charge in [-0.3, -0.25) is 0 Å². The molecule has 1 amide bonds. The van der Waals surface area contributed by atoms with Crippen molar-refractivity contribution in [2.75, 3.05) is 6.54 Å². The van der Waals surface area contributed by atoms with E-state index in [1.165, 1.54) is 6.07 Å². The van der Waals surface area contributed by atoms with Crippen LogP contribution in [0, 0.1) is 5.82 Å². The van der Waals surface area contributed by atoms with Gasteiger partial charge in [0.2, 0.25) is 0 Å². The number of nitrogens with one attached hydrogen (secondary N) is 1. The van der Waals surface area contributed by atoms with Crippen molar-refractivity contribution in [2.24, 2.45) is 0 Å². The molecule has 7 heteroatoms. The summed E-state index contributed by atoms with van der Waals surface area (Å²) < 4.78 is 31.5. The lowest BCUT2D eigenvalue weighted by molar-refractivity contribution is 0.00578. The number of carbonyl (C=O) groups excluding carboxylic acids is 1. The van der Waals surface area contributed by atoms with Gasteiger partial charge in [0, 0.05) is 12.0 Å². The Balaban J connectivity index is 1.95. The van der Waals surface area contributed by atoms with Crippen LogP contribution in [0.3, 0.4) is 0 Å². The van der Waals surface area contributed by atoms with Crippen LogP contribution in [0.1, 0.15) is 54.0 Å². The monoisotopic (exact) mass is 365 g/mol. The van der Waals surface area contributed by atoms with Gasteiger partial charge < -0.3 is 19.4 Å². The number of carbonyl (C=O) groups is 1. The first kappa shape index (κ1) is 20.7. The molecule has 2 rings (SSSR count). The van der Waals surface area contributed by atoms with Gasteiger partial charge in [-0.15, -0.1) is 0 Å². The summed E-state index contributed by atoms with van der Waals surface area (Å²) in [5.41, 5.74) is -0.410. The SMILES string of the molecule is CC(C)(C)OC(=O)NCCc1ccc(B2OC(C)(C)C(C)(C)O2)c(F)c1. The maximum absolute atomic E-state index is 14.5. The summed E-state index contributed by atoms with van der Waals surface area (Å²) in [5, 5.41) is 2.67. The minimum absolute atomic E-state index is 0.365. The second-order valence-electron chi connectivity index (χ2n) is 8.62. The van der Waals surface area contributed by atoms with Crippen molar-refractivity contribution in [2.45, 2.75) is 71.7 Å². The Kier molecular flexibility index (Phi) is 5.73. The first-order valence-corrected chi connectivity index (χ1v) is 8.91. The summed E-state index contributed by atoms with van der Waals surface area (Å²) in [5.74, 6) is -0.377. The maximum atomic E-state index is 14.5. The highest BCUT2D eigenvalue weighted by Gasteiger charge is 2.52. The normalized spacial score (nSPS) is 18.7. The molecule has 1 saturated heterocycles. The summed E-state index contributed by atoms with van der Waals surface area (Å²) >= 11 is 0. The van der Waals surface area contributed by atoms with Gasteiger partial charge in [-0.2, -0.15) is 0 Å². The molecule has 1 fully saturated rings. The molecule has 0 unspecified atom stereocenters. The van der Waals surface area contributed by atoms with E-state index in [0.717, 1.165) is 5.56 Å². The average Bonchev–Trinajstić information content (AvgIpc) is 2.65. The Labute approximate surface area is 155 Å². The Bertz CT molecular complexity index is 654. The fourth-order valence-electron chi connectivity index (χ4n) is 2.51. The molecule has 0 radical (unpaired) electrons. The molecule has 1 heterocycles. The van der Waals surface area contributed by atoms with Crippen molar-refractivity contribution < 1.29 is 23.2 Å². The van der Waals surface area contributed by atoms with Crippen LogP contribution in [-0.4, -0.2) is 36.6 Å². The molecule has 5 nitrogen and oxygen atoms in total. The zero-order chi connectivity index (χ0) is 19.8. The third-order valence-corrected chi connectivity index (χ3v) is 4.65. The fraction of sp³-hybridized carbons (Fsp3) is 0.632. The van der Waals surface area contributed by atoms with Gasteiger partial charge in [0.25, 0.3) is 0 Å². The molecule has 1 aliphatic heterocycles. The number of hydrogen-bond donors (Lipinski definition) is 1. The van der Waals surface area contributed by atoms with Gasteiger partial charge in [-0.25, -0.2) is 9.18 Å². The van der Waals surface area contributed by atoms with Crippen LogP contribution in [0.4, 0.5) is 9.18 Å². The Morgan fingerprint density at radius 1 is 1.19 bits per heavy atom. The summed E-state index contributed by atoms with van der Waals surface area (Å²) in [7, 11) is -0.728. The number of alkyl carbamates (subject to hydrolysis) is 1. The molecule has 1 N–H and O–H groups in total. The van der Waals surface area contributed by atoms with E-state index in [2.05, 4.69) is 5.32 Å². The van der Waals surface area contributed by atoms with Gasteiger partial charge in [0.05, 0.1) is 11.2 Å². The van der Waals surface area contributed by atoms with Crippen LogP contribution in [0.15, 0.2) is 18.2 Å². The van der Waals surface area contributed by atoms with Crippen molar-refractivity contribution in [1.29, 1.82) is 0 Å². The van der Waals surface area contributed by atoms with Crippen LogP contribution in [-0.2, 0) is 20.5 Å². The zero-order valence-electron chi connectivity index (χ0n) is 16.7. The quantitative estimate of drug-likeness (QED) is 0.833. The smallest absolute Gasteiger partial charge is 0.444 e. The minimum Gasteiger partial charge on any atom is -0.444 e. The standard InChI is InChI=1S/C19H29BFNO4/c1-17(2,3)24-16(23)22-11-10-13-8-9-14(15(21)12-13)20-25-18(4,5)19(6,7)26-20/h8-9,12H,10-11H2,1-7H3,(H,22,23). The van der Waals surface area contributed by atoms with E-state index in [0.29, 0.717) is 18.4 Å². The van der Waals surface area contributed by atoms with E-state index in [1.54, 1.807) is 26.8 Å². The van der Waals surface area contributed by atoms with Crippen molar-refractivity contribution in [3.63, 3.8) is 0 Å². The summed E-state index contributed by atoms with van der Waals surface area (Å²) in [6.45, 7) is 13.5. The van der Waals surface area contributed by atoms with Crippen molar-refractivity contribution >= 4 is 18.7 Å². The summed E-state index contributed by atoms with van der Waals surface area (Å²) in [6, 6.07) is 4.96. The second kappa shape index (κ2) is 7.20. The molecule has 0 saturated carbocycles. The van der Waals surface area contributed by atoms with E-state index in [9.17, 15) is 9.18 Å². The topological polar surface area (TPSA) is 56.8 Å². The van der Waals surface area contributed by atoms with E-state index in [1.807, 2.05) is 33.8 Å². The van der Waals surface area contributed by atoms with Crippen LogP contribution >= 0.6 is 0 Å². The lowest BCUT2D eigenvalue weighted by atomic mass is 9.78. The predicted molar refractivity (Wildman–Crippen MR) is 100 cm³/mol. The predicted octanol–water partition coefficient (Wildman–Crippen LogP) is 3.19. The molecule has 144 valence electrons. The highest BCUT2D eigenvalue weighted by molar-refractivity contribution is 6.62. The van der Waals surface area contributed by atoms with E-state index >= 15 is 0 Å². The molecule has 0 atom stereocenters. The van der Waals surface area contributed by atoms with Crippen LogP contribution < -0.4 is 10.8 Å². The van der Waals surface area contributed by atoms with Crippen LogP contribution in [0.25, 0.3) is 0 Å². The van der Waals surface area contributed by atoms with Crippen molar-refractivity contribution in [1.82, 2.24) is 5.32 Å². The molecule has 0 aliphatic carbocycles. The van der Waals surface area contributed by atoms with E-state index < -0.39 is 30.0 Å². The molecule has 26 heavy (non-hydrogen) atoms. The van der Waals surface area contributed by atoms with E-state index in [-0.39, 0.29) is 5.82 Å². The number of rotatable bonds is 4. The van der Waals surface area contributed by atoms with Gasteiger partial charge in [0.15, 0.2) is 0 Å². The first-order valence-electron chi connectivity index (χ1n) is 8.91. The van der Waals surface area contributed by atoms with Crippen molar-refractivity contribution in [3.8, 4) is 0 Å². The third kappa shape index (κ3) is 4.98. The molecule has 0 aromatic heterocycles. The highest BCUT2D eigenvalue weighted by atomic mass is 19.1. The molecule has 1 aliphatic rings. The van der Waals surface area contributed by atoms with Gasteiger partial charge in [-0.1, -0.05) is 12.1 Å². The number of amides is 1. The number of ether oxygens (including phenoxy) is 1. The largest absolute Gasteiger partial charge is 0.497 e. The molecule has 0 spiro atoms. The van der Waals surface area contributed by atoms with Crippen LogP contribution in [0.5, 0.6) is 0 Å². The number of halogens is 1. The average molecular weight is 365 g/mol. The maximum Gasteiger partial charge on any atom is 0.497 e. The lowest BCUT2D eigenvalue weighted by Gasteiger charge is -2.32. The summed E-state index contributed by atoms with van der Waals surface area (Å²) in [4.78, 5) is 11.6. The molecular weight excluding hydrogens is 336 g/mol. The Morgan fingerprint density at radius 3 is 2.27 bits per heavy atom. The molecule has 1 aromatic carbocycles. The zero-order valence-corrected chi connectivity index (χ0v) is 16.7. The number of benzene rings is 1. The Morgan fingerprint density at radius 2 is 1.77 bits per heavy atom.